The zero-order chi connectivity index (χ0) is 20.7. The Kier molecular flexibility index (Phi) is 7.97. The highest BCUT2D eigenvalue weighted by Crippen LogP contribution is 2.15. The summed E-state index contributed by atoms with van der Waals surface area (Å²) < 4.78 is 54.8. The fourth-order valence-corrected chi connectivity index (χ4v) is 4.23. The Balaban J connectivity index is 2.12. The number of rotatable bonds is 9. The first-order chi connectivity index (χ1) is 13.2. The van der Waals surface area contributed by atoms with E-state index in [0.717, 1.165) is 12.1 Å². The molecule has 152 valence electrons. The minimum absolute atomic E-state index is 0.0488. The molecule has 2 rings (SSSR count). The van der Waals surface area contributed by atoms with Crippen molar-refractivity contribution in [3.8, 4) is 0 Å². The van der Waals surface area contributed by atoms with Gasteiger partial charge in [0.05, 0.1) is 0 Å². The van der Waals surface area contributed by atoms with Gasteiger partial charge in [0.15, 0.2) is 0 Å². The van der Waals surface area contributed by atoms with Crippen molar-refractivity contribution in [1.29, 1.82) is 0 Å². The number of amides is 1. The van der Waals surface area contributed by atoms with Crippen LogP contribution in [0.15, 0.2) is 47.4 Å². The van der Waals surface area contributed by atoms with Crippen molar-refractivity contribution in [2.24, 2.45) is 0 Å². The molecule has 0 bridgehead atoms. The second-order valence-electron chi connectivity index (χ2n) is 6.19. The van der Waals surface area contributed by atoms with Crippen molar-refractivity contribution in [2.45, 2.75) is 30.8 Å². The number of thioether (sulfide) groups is 1. The Hall–Kier alpha value is -1.97. The predicted octanol–water partition coefficient (Wildman–Crippen LogP) is 2.99. The smallest absolute Gasteiger partial charge is 0.244 e. The van der Waals surface area contributed by atoms with Crippen LogP contribution in [0.2, 0.25) is 0 Å². The van der Waals surface area contributed by atoms with E-state index in [2.05, 4.69) is 10.0 Å². The summed E-state index contributed by atoms with van der Waals surface area (Å²) in [6, 6.07) is 8.48. The van der Waals surface area contributed by atoms with Crippen LogP contribution in [0.3, 0.4) is 0 Å². The maximum Gasteiger partial charge on any atom is 0.244 e. The van der Waals surface area contributed by atoms with Crippen LogP contribution in [-0.4, -0.2) is 32.4 Å². The molecular weight excluding hydrogens is 406 g/mol. The van der Waals surface area contributed by atoms with Gasteiger partial charge >= 0.3 is 0 Å². The van der Waals surface area contributed by atoms with Crippen molar-refractivity contribution in [1.82, 2.24) is 10.0 Å². The SMILES string of the molecule is CSCCC(NS(=O)(=O)c1ccccc1F)C(=O)NCc1ccc(C)c(F)c1. The Morgan fingerprint density at radius 2 is 1.86 bits per heavy atom. The van der Waals surface area contributed by atoms with E-state index in [1.54, 1.807) is 19.1 Å². The van der Waals surface area contributed by atoms with E-state index in [4.69, 9.17) is 0 Å². The summed E-state index contributed by atoms with van der Waals surface area (Å²) in [5.41, 5.74) is 1.04. The van der Waals surface area contributed by atoms with E-state index in [1.165, 1.54) is 30.0 Å². The lowest BCUT2D eigenvalue weighted by molar-refractivity contribution is -0.122. The average Bonchev–Trinajstić information content (AvgIpc) is 2.66. The highest BCUT2D eigenvalue weighted by Gasteiger charge is 2.27. The topological polar surface area (TPSA) is 75.3 Å². The van der Waals surface area contributed by atoms with E-state index in [-0.39, 0.29) is 18.8 Å². The first kappa shape index (κ1) is 22.3. The summed E-state index contributed by atoms with van der Waals surface area (Å²) in [5.74, 6) is -1.31. The lowest BCUT2D eigenvalue weighted by Crippen LogP contribution is -2.46. The lowest BCUT2D eigenvalue weighted by Gasteiger charge is -2.18. The molecule has 1 unspecified atom stereocenters. The largest absolute Gasteiger partial charge is 0.351 e. The molecule has 0 aliphatic carbocycles. The molecule has 5 nitrogen and oxygen atoms in total. The summed E-state index contributed by atoms with van der Waals surface area (Å²) in [5, 5.41) is 2.61. The third-order valence-corrected chi connectivity index (χ3v) is 6.20. The molecule has 28 heavy (non-hydrogen) atoms. The van der Waals surface area contributed by atoms with Gasteiger partial charge < -0.3 is 5.32 Å². The zero-order valence-corrected chi connectivity index (χ0v) is 17.2. The third-order valence-electron chi connectivity index (χ3n) is 4.05. The molecule has 1 amide bonds. The molecule has 0 aromatic heterocycles. The molecule has 0 spiro atoms. The summed E-state index contributed by atoms with van der Waals surface area (Å²) in [6.07, 6.45) is 2.05. The molecule has 0 fully saturated rings. The van der Waals surface area contributed by atoms with E-state index in [9.17, 15) is 22.0 Å². The number of hydrogen-bond donors (Lipinski definition) is 2. The highest BCUT2D eigenvalue weighted by molar-refractivity contribution is 7.98. The Labute approximate surface area is 168 Å². The van der Waals surface area contributed by atoms with Gasteiger partial charge in [-0.2, -0.15) is 16.5 Å². The van der Waals surface area contributed by atoms with Gasteiger partial charge in [-0.1, -0.05) is 24.3 Å². The van der Waals surface area contributed by atoms with E-state index < -0.39 is 32.7 Å². The van der Waals surface area contributed by atoms with Crippen LogP contribution in [0.1, 0.15) is 17.5 Å². The molecule has 0 aliphatic rings. The molecule has 0 saturated heterocycles. The van der Waals surface area contributed by atoms with E-state index >= 15 is 0 Å². The van der Waals surface area contributed by atoms with Crippen LogP contribution in [0.4, 0.5) is 8.78 Å². The Bertz CT molecular complexity index is 937. The van der Waals surface area contributed by atoms with Crippen molar-refractivity contribution >= 4 is 27.7 Å². The number of aryl methyl sites for hydroxylation is 1. The van der Waals surface area contributed by atoms with Crippen LogP contribution < -0.4 is 10.0 Å². The van der Waals surface area contributed by atoms with Gasteiger partial charge in [-0.15, -0.1) is 0 Å². The maximum atomic E-state index is 13.9. The van der Waals surface area contributed by atoms with Crippen LogP contribution >= 0.6 is 11.8 Å². The van der Waals surface area contributed by atoms with Gasteiger partial charge in [0.25, 0.3) is 0 Å². The second kappa shape index (κ2) is 9.99. The third kappa shape index (κ3) is 6.02. The molecule has 2 N–H and O–H groups in total. The Morgan fingerprint density at radius 3 is 2.50 bits per heavy atom. The monoisotopic (exact) mass is 428 g/mol. The number of halogens is 2. The fraction of sp³-hybridized carbons (Fsp3) is 0.316. The Morgan fingerprint density at radius 1 is 1.14 bits per heavy atom. The van der Waals surface area contributed by atoms with Gasteiger partial charge in [0.1, 0.15) is 22.6 Å². The van der Waals surface area contributed by atoms with E-state index in [1.807, 2.05) is 6.26 Å². The zero-order valence-electron chi connectivity index (χ0n) is 15.5. The molecular formula is C19H22F2N2O3S2. The van der Waals surface area contributed by atoms with Crippen LogP contribution in [0.5, 0.6) is 0 Å². The minimum atomic E-state index is -4.22. The fourth-order valence-electron chi connectivity index (χ4n) is 2.45. The summed E-state index contributed by atoms with van der Waals surface area (Å²) in [6.45, 7) is 1.68. The summed E-state index contributed by atoms with van der Waals surface area (Å²) in [7, 11) is -4.22. The maximum absolute atomic E-state index is 13.9. The van der Waals surface area contributed by atoms with Gasteiger partial charge in [-0.05, 0) is 54.7 Å². The molecule has 9 heteroatoms. The highest BCUT2D eigenvalue weighted by atomic mass is 32.2. The van der Waals surface area contributed by atoms with Crippen molar-refractivity contribution < 1.29 is 22.0 Å². The molecule has 0 saturated carbocycles. The van der Waals surface area contributed by atoms with Gasteiger partial charge in [0, 0.05) is 6.54 Å². The van der Waals surface area contributed by atoms with Crippen molar-refractivity contribution in [2.75, 3.05) is 12.0 Å². The second-order valence-corrected chi connectivity index (χ2v) is 8.86. The van der Waals surface area contributed by atoms with Gasteiger partial charge in [0.2, 0.25) is 15.9 Å². The van der Waals surface area contributed by atoms with Gasteiger partial charge in [-0.3, -0.25) is 4.79 Å². The van der Waals surface area contributed by atoms with Crippen LogP contribution in [0.25, 0.3) is 0 Å². The number of sulfonamides is 1. The first-order valence-corrected chi connectivity index (χ1v) is 11.4. The molecule has 0 aliphatic heterocycles. The predicted molar refractivity (Wildman–Crippen MR) is 106 cm³/mol. The number of benzene rings is 2. The van der Waals surface area contributed by atoms with Crippen molar-refractivity contribution in [3.05, 3.63) is 65.2 Å². The molecule has 2 aromatic rings. The summed E-state index contributed by atoms with van der Waals surface area (Å²) in [4.78, 5) is 12.0. The van der Waals surface area contributed by atoms with E-state index in [0.29, 0.717) is 16.9 Å². The number of hydrogen-bond acceptors (Lipinski definition) is 4. The van der Waals surface area contributed by atoms with Gasteiger partial charge in [-0.25, -0.2) is 17.2 Å². The number of carbonyl (C=O) groups is 1. The van der Waals surface area contributed by atoms with Crippen LogP contribution in [0, 0.1) is 18.6 Å². The average molecular weight is 429 g/mol. The molecule has 0 heterocycles. The quantitative estimate of drug-likeness (QED) is 0.644. The normalized spacial score (nSPS) is 12.6. The van der Waals surface area contributed by atoms with Crippen LogP contribution in [-0.2, 0) is 21.4 Å². The first-order valence-electron chi connectivity index (χ1n) is 8.53. The molecule has 2 aromatic carbocycles. The number of nitrogens with one attached hydrogen (secondary N) is 2. The minimum Gasteiger partial charge on any atom is -0.351 e. The van der Waals surface area contributed by atoms with Crippen molar-refractivity contribution in [3.63, 3.8) is 0 Å². The molecule has 0 radical (unpaired) electrons. The number of carbonyl (C=O) groups excluding carboxylic acids is 1. The molecule has 1 atom stereocenters. The standard InChI is InChI=1S/C19H22F2N2O3S2/c1-13-7-8-14(11-16(13)21)12-22-19(24)17(9-10-27-2)23-28(25,26)18-6-4-3-5-15(18)20/h3-8,11,17,23H,9-10,12H2,1-2H3,(H,22,24). The summed E-state index contributed by atoms with van der Waals surface area (Å²) >= 11 is 1.45. The lowest BCUT2D eigenvalue weighted by atomic mass is 10.1.